The van der Waals surface area contributed by atoms with E-state index in [0.29, 0.717) is 12.1 Å². The van der Waals surface area contributed by atoms with Crippen LogP contribution in [0.1, 0.15) is 38.1 Å². The highest BCUT2D eigenvalue weighted by Crippen LogP contribution is 2.34. The van der Waals surface area contributed by atoms with Crippen molar-refractivity contribution >= 4 is 11.6 Å². The second-order valence-corrected chi connectivity index (χ2v) is 7.23. The van der Waals surface area contributed by atoms with Crippen LogP contribution in [-0.4, -0.2) is 58.2 Å². The first-order valence-corrected chi connectivity index (χ1v) is 8.56. The molecule has 3 heterocycles. The zero-order valence-corrected chi connectivity index (χ0v) is 15.0. The maximum atomic E-state index is 12.4. The Morgan fingerprint density at radius 2 is 2.25 bits per heavy atom. The molecule has 3 rings (SSSR count). The molecule has 130 valence electrons. The molecule has 1 saturated heterocycles. The van der Waals surface area contributed by atoms with E-state index in [9.17, 15) is 4.79 Å². The molecule has 6 nitrogen and oxygen atoms in total. The summed E-state index contributed by atoms with van der Waals surface area (Å²) < 4.78 is 0. The van der Waals surface area contributed by atoms with Crippen molar-refractivity contribution in [2.45, 2.75) is 51.8 Å². The number of pyridine rings is 1. The molecule has 24 heavy (non-hydrogen) atoms. The predicted octanol–water partition coefficient (Wildman–Crippen LogP) is 1.98. The molecule has 0 unspecified atom stereocenters. The highest BCUT2D eigenvalue weighted by Gasteiger charge is 2.47. The van der Waals surface area contributed by atoms with Gasteiger partial charge in [-0.15, -0.1) is 0 Å². The van der Waals surface area contributed by atoms with Crippen molar-refractivity contribution in [1.29, 1.82) is 0 Å². The fraction of sp³-hybridized carbons (Fsp3) is 0.611. The van der Waals surface area contributed by atoms with E-state index in [0.717, 1.165) is 37.4 Å². The Hall–Kier alpha value is -1.95. The second kappa shape index (κ2) is 6.51. The Bertz CT molecular complexity index is 658. The first-order chi connectivity index (χ1) is 11.4. The minimum absolute atomic E-state index is 0.0272. The van der Waals surface area contributed by atoms with Gasteiger partial charge in [-0.25, -0.2) is 0 Å². The smallest absolute Gasteiger partial charge is 0.271 e. The van der Waals surface area contributed by atoms with Gasteiger partial charge in [0.25, 0.3) is 5.91 Å². The monoisotopic (exact) mass is 330 g/mol. The molecular weight excluding hydrogens is 304 g/mol. The lowest BCUT2D eigenvalue weighted by Gasteiger charge is -2.23. The second-order valence-electron chi connectivity index (χ2n) is 7.23. The lowest BCUT2D eigenvalue weighted by molar-refractivity contribution is -0.124. The van der Waals surface area contributed by atoms with Gasteiger partial charge in [0.2, 0.25) is 0 Å². The zero-order chi connectivity index (χ0) is 17.3. The van der Waals surface area contributed by atoms with Crippen molar-refractivity contribution in [2.75, 3.05) is 20.1 Å². The molecule has 6 heteroatoms. The number of hydrogen-bond acceptors (Lipinski definition) is 5. The molecule has 2 aliphatic rings. The van der Waals surface area contributed by atoms with Crippen molar-refractivity contribution in [3.05, 3.63) is 29.6 Å². The highest BCUT2D eigenvalue weighted by atomic mass is 16.7. The third kappa shape index (κ3) is 3.43. The summed E-state index contributed by atoms with van der Waals surface area (Å²) in [6, 6.07) is 6.25. The lowest BCUT2D eigenvalue weighted by Crippen LogP contribution is -2.40. The Kier molecular flexibility index (Phi) is 4.58. The van der Waals surface area contributed by atoms with Crippen molar-refractivity contribution in [3.8, 4) is 0 Å². The molecule has 2 aliphatic heterocycles. The van der Waals surface area contributed by atoms with Gasteiger partial charge < -0.3 is 9.74 Å². The summed E-state index contributed by atoms with van der Waals surface area (Å²) in [4.78, 5) is 26.8. The van der Waals surface area contributed by atoms with Crippen LogP contribution in [0.5, 0.6) is 0 Å². The van der Waals surface area contributed by atoms with Crippen LogP contribution in [0.4, 0.5) is 0 Å². The number of nitrogens with zero attached hydrogens (tertiary/aromatic N) is 4. The van der Waals surface area contributed by atoms with E-state index in [1.54, 1.807) is 4.90 Å². The Balaban J connectivity index is 1.59. The molecule has 1 aromatic heterocycles. The SMILES string of the molecule is Cc1cccc(CN2CC[C@@]3(CC(C(=O)N(C)C(C)C)=NO3)C2)n1. The number of hydrogen-bond donors (Lipinski definition) is 0. The Morgan fingerprint density at radius 1 is 1.46 bits per heavy atom. The number of amides is 1. The van der Waals surface area contributed by atoms with Crippen molar-refractivity contribution < 1.29 is 9.63 Å². The first-order valence-electron chi connectivity index (χ1n) is 8.56. The summed E-state index contributed by atoms with van der Waals surface area (Å²) in [6.45, 7) is 8.53. The molecule has 1 fully saturated rings. The molecular formula is C18H26N4O2. The molecule has 0 N–H and O–H groups in total. The zero-order valence-electron chi connectivity index (χ0n) is 15.0. The van der Waals surface area contributed by atoms with E-state index in [1.165, 1.54) is 0 Å². The molecule has 1 amide bonds. The van der Waals surface area contributed by atoms with Gasteiger partial charge in [-0.1, -0.05) is 11.2 Å². The van der Waals surface area contributed by atoms with Gasteiger partial charge in [-0.3, -0.25) is 14.7 Å². The van der Waals surface area contributed by atoms with Crippen LogP contribution < -0.4 is 0 Å². The molecule has 0 bridgehead atoms. The van der Waals surface area contributed by atoms with E-state index in [4.69, 9.17) is 4.84 Å². The quantitative estimate of drug-likeness (QED) is 0.847. The van der Waals surface area contributed by atoms with Gasteiger partial charge in [-0.05, 0) is 32.9 Å². The van der Waals surface area contributed by atoms with Crippen LogP contribution in [0, 0.1) is 6.92 Å². The van der Waals surface area contributed by atoms with E-state index < -0.39 is 0 Å². The van der Waals surface area contributed by atoms with Crippen molar-refractivity contribution in [2.24, 2.45) is 5.16 Å². The first kappa shape index (κ1) is 16.9. The molecule has 1 spiro atoms. The summed E-state index contributed by atoms with van der Waals surface area (Å²) in [5.74, 6) is -0.0272. The van der Waals surface area contributed by atoms with Crippen LogP contribution in [0.15, 0.2) is 23.4 Å². The highest BCUT2D eigenvalue weighted by molar-refractivity contribution is 6.39. The average molecular weight is 330 g/mol. The number of carbonyl (C=O) groups is 1. The largest absolute Gasteiger partial charge is 0.387 e. The third-order valence-corrected chi connectivity index (χ3v) is 4.91. The minimum atomic E-state index is -0.341. The number of aryl methyl sites for hydroxylation is 1. The summed E-state index contributed by atoms with van der Waals surface area (Å²) >= 11 is 0. The maximum Gasteiger partial charge on any atom is 0.271 e. The summed E-state index contributed by atoms with van der Waals surface area (Å²) in [6.07, 6.45) is 1.49. The Labute approximate surface area is 143 Å². The normalized spacial score (nSPS) is 23.6. The molecule has 0 aromatic carbocycles. The third-order valence-electron chi connectivity index (χ3n) is 4.91. The van der Waals surface area contributed by atoms with E-state index in [2.05, 4.69) is 21.1 Å². The van der Waals surface area contributed by atoms with Crippen molar-refractivity contribution in [3.63, 3.8) is 0 Å². The lowest BCUT2D eigenvalue weighted by atomic mass is 9.96. The van der Waals surface area contributed by atoms with Gasteiger partial charge in [-0.2, -0.15) is 0 Å². The minimum Gasteiger partial charge on any atom is -0.387 e. The molecule has 0 radical (unpaired) electrons. The van der Waals surface area contributed by atoms with Crippen molar-refractivity contribution in [1.82, 2.24) is 14.8 Å². The van der Waals surface area contributed by atoms with Crippen LogP contribution in [-0.2, 0) is 16.2 Å². The average Bonchev–Trinajstić information content (AvgIpc) is 3.13. The number of carbonyl (C=O) groups excluding carboxylic acids is 1. The fourth-order valence-electron chi connectivity index (χ4n) is 3.27. The predicted molar refractivity (Wildman–Crippen MR) is 92.6 cm³/mol. The topological polar surface area (TPSA) is 58.0 Å². The number of oxime groups is 1. The number of likely N-dealkylation sites (tertiary alicyclic amines) is 1. The molecule has 0 saturated carbocycles. The van der Waals surface area contributed by atoms with E-state index in [-0.39, 0.29) is 17.6 Å². The molecule has 1 atom stereocenters. The van der Waals surface area contributed by atoms with Gasteiger partial charge in [0.05, 0.1) is 5.69 Å². The van der Waals surface area contributed by atoms with Crippen LogP contribution in [0.2, 0.25) is 0 Å². The molecule has 0 aliphatic carbocycles. The fourth-order valence-corrected chi connectivity index (χ4v) is 3.27. The summed E-state index contributed by atoms with van der Waals surface area (Å²) in [7, 11) is 1.81. The van der Waals surface area contributed by atoms with Gasteiger partial charge in [0.1, 0.15) is 5.71 Å². The van der Waals surface area contributed by atoms with Crippen LogP contribution >= 0.6 is 0 Å². The van der Waals surface area contributed by atoms with E-state index in [1.807, 2.05) is 40.0 Å². The standard InChI is InChI=1S/C18H26N4O2/c1-13(2)21(4)17(23)16-10-18(24-20-16)8-9-22(12-18)11-15-7-5-6-14(3)19-15/h5-7,13H,8-12H2,1-4H3/t18-/m1/s1. The molecule has 1 aromatic rings. The van der Waals surface area contributed by atoms with Crippen LogP contribution in [0.25, 0.3) is 0 Å². The summed E-state index contributed by atoms with van der Waals surface area (Å²) in [5, 5.41) is 4.11. The number of rotatable bonds is 4. The Morgan fingerprint density at radius 3 is 2.96 bits per heavy atom. The van der Waals surface area contributed by atoms with Crippen LogP contribution in [0.3, 0.4) is 0 Å². The van der Waals surface area contributed by atoms with E-state index >= 15 is 0 Å². The number of aromatic nitrogens is 1. The van der Waals surface area contributed by atoms with Gasteiger partial charge >= 0.3 is 0 Å². The summed E-state index contributed by atoms with van der Waals surface area (Å²) in [5.41, 5.74) is 2.31. The maximum absolute atomic E-state index is 12.4. The van der Waals surface area contributed by atoms with Gasteiger partial charge in [0, 0.05) is 51.3 Å². The van der Waals surface area contributed by atoms with Gasteiger partial charge in [0.15, 0.2) is 5.60 Å².